The topological polar surface area (TPSA) is 85.4 Å². The van der Waals surface area contributed by atoms with Crippen LogP contribution < -0.4 is 11.1 Å². The van der Waals surface area contributed by atoms with Crippen molar-refractivity contribution in [2.75, 3.05) is 18.2 Å². The van der Waals surface area contributed by atoms with Crippen LogP contribution in [0.4, 0.5) is 17.3 Å². The highest BCUT2D eigenvalue weighted by Crippen LogP contribution is 2.27. The number of benzene rings is 1. The molecule has 1 heterocycles. The van der Waals surface area contributed by atoms with Gasteiger partial charge in [0.25, 0.3) is 0 Å². The minimum atomic E-state index is 0.281. The van der Waals surface area contributed by atoms with E-state index in [0.29, 0.717) is 27.1 Å². The molecule has 0 aliphatic heterocycles. The predicted octanol–water partition coefficient (Wildman–Crippen LogP) is 3.09. The van der Waals surface area contributed by atoms with Gasteiger partial charge in [0.05, 0.1) is 21.8 Å². The lowest BCUT2D eigenvalue weighted by molar-refractivity contribution is 0.215. The molecule has 0 bridgehead atoms. The Labute approximate surface area is 125 Å². The van der Waals surface area contributed by atoms with Crippen LogP contribution in [0.5, 0.6) is 0 Å². The lowest BCUT2D eigenvalue weighted by atomic mass is 10.2. The third-order valence-electron chi connectivity index (χ3n) is 2.38. The van der Waals surface area contributed by atoms with Gasteiger partial charge in [-0.25, -0.2) is 9.97 Å². The van der Waals surface area contributed by atoms with E-state index >= 15 is 0 Å². The quantitative estimate of drug-likeness (QED) is 0.669. The fourth-order valence-electron chi connectivity index (χ4n) is 1.45. The molecule has 0 fully saturated rings. The summed E-state index contributed by atoms with van der Waals surface area (Å²) in [6, 6.07) is 5.13. The Bertz CT molecular complexity index is 648. The van der Waals surface area contributed by atoms with Crippen LogP contribution >= 0.6 is 23.2 Å². The van der Waals surface area contributed by atoms with Crippen LogP contribution in [0.3, 0.4) is 0 Å². The molecule has 0 spiro atoms. The molecule has 6 nitrogen and oxygen atoms in total. The summed E-state index contributed by atoms with van der Waals surface area (Å²) in [4.78, 5) is 12.6. The molecule has 0 radical (unpaired) electrons. The van der Waals surface area contributed by atoms with Gasteiger partial charge in [-0.2, -0.15) is 0 Å². The average molecular weight is 312 g/mol. The van der Waals surface area contributed by atoms with E-state index in [-0.39, 0.29) is 5.82 Å². The molecule has 0 aliphatic rings. The van der Waals surface area contributed by atoms with E-state index < -0.39 is 0 Å². The number of nitrogen functional groups attached to an aromatic ring is 1. The first-order valence-electron chi connectivity index (χ1n) is 5.51. The van der Waals surface area contributed by atoms with E-state index in [2.05, 4.69) is 25.3 Å². The van der Waals surface area contributed by atoms with Gasteiger partial charge in [-0.15, -0.1) is 0 Å². The maximum atomic E-state index is 5.96. The number of nitrogens with two attached hydrogens (primary N) is 1. The Balaban J connectivity index is 2.35. The second kappa shape index (κ2) is 6.40. The molecule has 104 valence electrons. The van der Waals surface area contributed by atoms with Gasteiger partial charge in [0.1, 0.15) is 25.1 Å². The third kappa shape index (κ3) is 3.28. The van der Waals surface area contributed by atoms with Crippen molar-refractivity contribution < 1.29 is 4.84 Å². The van der Waals surface area contributed by atoms with Crippen molar-refractivity contribution in [1.29, 1.82) is 0 Å². The zero-order valence-corrected chi connectivity index (χ0v) is 12.0. The smallest absolute Gasteiger partial charge is 0.144 e. The minimum Gasteiger partial charge on any atom is -0.399 e. The van der Waals surface area contributed by atoms with Crippen LogP contribution in [0.15, 0.2) is 29.7 Å². The third-order valence-corrected chi connectivity index (χ3v) is 3.12. The normalized spacial score (nSPS) is 10.8. The maximum Gasteiger partial charge on any atom is 0.144 e. The molecule has 1 aromatic heterocycles. The molecule has 0 aliphatic carbocycles. The van der Waals surface area contributed by atoms with E-state index in [1.807, 2.05) is 0 Å². The van der Waals surface area contributed by atoms with Crippen molar-refractivity contribution in [2.24, 2.45) is 5.16 Å². The SMILES string of the molecule is CON=Cc1c(N)ncnc1Nc1ccc(Cl)c(Cl)c1. The first kappa shape index (κ1) is 14.4. The van der Waals surface area contributed by atoms with Crippen LogP contribution in [0.1, 0.15) is 5.56 Å². The molecular formula is C12H11Cl2N5O. The molecule has 0 amide bonds. The van der Waals surface area contributed by atoms with E-state index in [4.69, 9.17) is 28.9 Å². The Kier molecular flexibility index (Phi) is 4.60. The number of rotatable bonds is 4. The fourth-order valence-corrected chi connectivity index (χ4v) is 1.75. The Morgan fingerprint density at radius 2 is 2.10 bits per heavy atom. The second-order valence-electron chi connectivity index (χ2n) is 3.69. The number of nitrogens with zero attached hydrogens (tertiary/aromatic N) is 3. The molecule has 0 unspecified atom stereocenters. The van der Waals surface area contributed by atoms with Crippen LogP contribution in [0.2, 0.25) is 10.0 Å². The van der Waals surface area contributed by atoms with Crippen LogP contribution in [-0.2, 0) is 4.84 Å². The zero-order chi connectivity index (χ0) is 14.5. The summed E-state index contributed by atoms with van der Waals surface area (Å²) >= 11 is 11.8. The largest absolute Gasteiger partial charge is 0.399 e. The van der Waals surface area contributed by atoms with Gasteiger partial charge in [0.15, 0.2) is 0 Å². The van der Waals surface area contributed by atoms with Crippen molar-refractivity contribution in [3.63, 3.8) is 0 Å². The summed E-state index contributed by atoms with van der Waals surface area (Å²) in [6.07, 6.45) is 2.77. The highest BCUT2D eigenvalue weighted by molar-refractivity contribution is 6.42. The Morgan fingerprint density at radius 3 is 2.80 bits per heavy atom. The van der Waals surface area contributed by atoms with Crippen molar-refractivity contribution >= 4 is 46.7 Å². The molecular weight excluding hydrogens is 301 g/mol. The summed E-state index contributed by atoms with van der Waals surface area (Å²) in [7, 11) is 1.43. The molecule has 3 N–H and O–H groups in total. The van der Waals surface area contributed by atoms with Crippen LogP contribution in [0.25, 0.3) is 0 Å². The number of anilines is 3. The monoisotopic (exact) mass is 311 g/mol. The highest BCUT2D eigenvalue weighted by Gasteiger charge is 2.08. The summed E-state index contributed by atoms with van der Waals surface area (Å²) in [5, 5.41) is 7.64. The lowest BCUT2D eigenvalue weighted by Gasteiger charge is -2.10. The number of aromatic nitrogens is 2. The van der Waals surface area contributed by atoms with Crippen molar-refractivity contribution in [2.45, 2.75) is 0 Å². The van der Waals surface area contributed by atoms with E-state index in [0.717, 1.165) is 0 Å². The summed E-state index contributed by atoms with van der Waals surface area (Å²) in [5.74, 6) is 0.764. The lowest BCUT2D eigenvalue weighted by Crippen LogP contribution is -2.05. The summed E-state index contributed by atoms with van der Waals surface area (Å²) < 4.78 is 0. The molecule has 8 heteroatoms. The Morgan fingerprint density at radius 1 is 1.30 bits per heavy atom. The van der Waals surface area contributed by atoms with Gasteiger partial charge in [-0.1, -0.05) is 28.4 Å². The van der Waals surface area contributed by atoms with Crippen LogP contribution in [0, 0.1) is 0 Å². The number of halogens is 2. The van der Waals surface area contributed by atoms with Gasteiger partial charge >= 0.3 is 0 Å². The van der Waals surface area contributed by atoms with E-state index in [9.17, 15) is 0 Å². The molecule has 0 atom stereocenters. The highest BCUT2D eigenvalue weighted by atomic mass is 35.5. The van der Waals surface area contributed by atoms with Crippen molar-refractivity contribution in [1.82, 2.24) is 9.97 Å². The molecule has 20 heavy (non-hydrogen) atoms. The fraction of sp³-hybridized carbons (Fsp3) is 0.0833. The van der Waals surface area contributed by atoms with Crippen molar-refractivity contribution in [3.05, 3.63) is 40.1 Å². The average Bonchev–Trinajstić information content (AvgIpc) is 2.42. The first-order chi connectivity index (χ1) is 9.61. The van der Waals surface area contributed by atoms with Gasteiger partial charge in [-0.05, 0) is 18.2 Å². The summed E-state index contributed by atoms with van der Waals surface area (Å²) in [5.41, 5.74) is 7.01. The van der Waals surface area contributed by atoms with Gasteiger partial charge in [0.2, 0.25) is 0 Å². The molecule has 1 aromatic carbocycles. The van der Waals surface area contributed by atoms with E-state index in [1.54, 1.807) is 18.2 Å². The first-order valence-corrected chi connectivity index (χ1v) is 6.26. The van der Waals surface area contributed by atoms with Crippen LogP contribution in [-0.4, -0.2) is 23.3 Å². The molecule has 0 saturated carbocycles. The number of hydrogen-bond acceptors (Lipinski definition) is 6. The standard InChI is InChI=1S/C12H11Cl2N5O/c1-20-18-5-8-11(15)16-6-17-12(8)19-7-2-3-9(13)10(14)4-7/h2-6H,1H3,(H3,15,16,17,19). The number of oxime groups is 1. The molecule has 0 saturated heterocycles. The van der Waals surface area contributed by atoms with Gasteiger partial charge < -0.3 is 15.9 Å². The van der Waals surface area contributed by atoms with Gasteiger partial charge in [-0.3, -0.25) is 0 Å². The second-order valence-corrected chi connectivity index (χ2v) is 4.51. The minimum absolute atomic E-state index is 0.281. The van der Waals surface area contributed by atoms with Gasteiger partial charge in [0, 0.05) is 5.69 Å². The Hall–Kier alpha value is -2.05. The zero-order valence-electron chi connectivity index (χ0n) is 10.5. The number of hydrogen-bond donors (Lipinski definition) is 2. The van der Waals surface area contributed by atoms with Crippen molar-refractivity contribution in [3.8, 4) is 0 Å². The molecule has 2 rings (SSSR count). The maximum absolute atomic E-state index is 5.96. The predicted molar refractivity (Wildman–Crippen MR) is 80.8 cm³/mol. The molecule has 2 aromatic rings. The summed E-state index contributed by atoms with van der Waals surface area (Å²) in [6.45, 7) is 0. The van der Waals surface area contributed by atoms with E-state index in [1.165, 1.54) is 19.7 Å². The number of nitrogens with one attached hydrogen (secondary N) is 1.